The van der Waals surface area contributed by atoms with Crippen molar-refractivity contribution in [1.29, 1.82) is 0 Å². The fourth-order valence-electron chi connectivity index (χ4n) is 2.69. The third-order valence-electron chi connectivity index (χ3n) is 4.03. The largest absolute Gasteiger partial charge is 0.501 e. The Morgan fingerprint density at radius 1 is 1.50 bits per heavy atom. The van der Waals surface area contributed by atoms with E-state index in [9.17, 15) is 0 Å². The van der Waals surface area contributed by atoms with Crippen LogP contribution in [0.15, 0.2) is 11.8 Å². The molecule has 1 fully saturated rings. The predicted molar refractivity (Wildman–Crippen MR) is 64.3 cm³/mol. The zero-order valence-electron chi connectivity index (χ0n) is 10.4. The van der Waals surface area contributed by atoms with Gasteiger partial charge in [-0.3, -0.25) is 0 Å². The van der Waals surface area contributed by atoms with Gasteiger partial charge in [0.05, 0.1) is 18.5 Å². The number of nitrogens with one attached hydrogen (secondary N) is 1. The molecule has 0 aromatic rings. The topological polar surface area (TPSA) is 30.5 Å². The molecule has 0 spiro atoms. The summed E-state index contributed by atoms with van der Waals surface area (Å²) in [5.74, 6) is 0. The molecule has 1 aliphatic carbocycles. The highest BCUT2D eigenvalue weighted by molar-refractivity contribution is 5.12. The van der Waals surface area contributed by atoms with E-state index in [-0.39, 0.29) is 5.60 Å². The van der Waals surface area contributed by atoms with Gasteiger partial charge in [0.15, 0.2) is 0 Å². The SMILES string of the molecule is CNC(CC1(OC)CCC1)C1=COCCC1. The van der Waals surface area contributed by atoms with Crippen LogP contribution in [0.4, 0.5) is 0 Å². The van der Waals surface area contributed by atoms with Crippen LogP contribution in [0.5, 0.6) is 0 Å². The Kier molecular flexibility index (Phi) is 3.87. The van der Waals surface area contributed by atoms with Crippen LogP contribution in [0.1, 0.15) is 38.5 Å². The van der Waals surface area contributed by atoms with Crippen LogP contribution in [-0.2, 0) is 9.47 Å². The highest BCUT2D eigenvalue weighted by Crippen LogP contribution is 2.40. The van der Waals surface area contributed by atoms with Gasteiger partial charge in [-0.1, -0.05) is 0 Å². The third kappa shape index (κ3) is 2.41. The van der Waals surface area contributed by atoms with Gasteiger partial charge in [-0.2, -0.15) is 0 Å². The van der Waals surface area contributed by atoms with E-state index in [1.165, 1.54) is 24.8 Å². The number of rotatable bonds is 5. The number of ether oxygens (including phenoxy) is 2. The maximum absolute atomic E-state index is 5.69. The standard InChI is InChI=1S/C13H23NO2/c1-14-12(11-5-3-8-16-10-11)9-13(15-2)6-4-7-13/h10,12,14H,3-9H2,1-2H3. The molecule has 3 nitrogen and oxygen atoms in total. The van der Waals surface area contributed by atoms with Crippen molar-refractivity contribution >= 4 is 0 Å². The van der Waals surface area contributed by atoms with Gasteiger partial charge >= 0.3 is 0 Å². The first kappa shape index (κ1) is 11.9. The molecule has 2 rings (SSSR count). The second kappa shape index (κ2) is 5.19. The molecular formula is C13H23NO2. The van der Waals surface area contributed by atoms with Crippen LogP contribution in [-0.4, -0.2) is 32.4 Å². The van der Waals surface area contributed by atoms with Crippen LogP contribution in [0.3, 0.4) is 0 Å². The van der Waals surface area contributed by atoms with E-state index in [2.05, 4.69) is 5.32 Å². The third-order valence-corrected chi connectivity index (χ3v) is 4.03. The van der Waals surface area contributed by atoms with Crippen LogP contribution in [0.25, 0.3) is 0 Å². The molecule has 1 heterocycles. The Morgan fingerprint density at radius 2 is 2.31 bits per heavy atom. The first-order chi connectivity index (χ1) is 7.79. The van der Waals surface area contributed by atoms with E-state index in [1.807, 2.05) is 20.4 Å². The summed E-state index contributed by atoms with van der Waals surface area (Å²) < 4.78 is 11.1. The van der Waals surface area contributed by atoms with Crippen molar-refractivity contribution in [2.75, 3.05) is 20.8 Å². The van der Waals surface area contributed by atoms with Gasteiger partial charge in [0.25, 0.3) is 0 Å². The van der Waals surface area contributed by atoms with Gasteiger partial charge in [0.2, 0.25) is 0 Å². The van der Waals surface area contributed by atoms with E-state index < -0.39 is 0 Å². The smallest absolute Gasteiger partial charge is 0.0876 e. The summed E-state index contributed by atoms with van der Waals surface area (Å²) >= 11 is 0. The average Bonchev–Trinajstić information content (AvgIpc) is 2.30. The van der Waals surface area contributed by atoms with E-state index in [4.69, 9.17) is 9.47 Å². The molecule has 0 radical (unpaired) electrons. The molecule has 1 unspecified atom stereocenters. The number of hydrogen-bond acceptors (Lipinski definition) is 3. The maximum atomic E-state index is 5.69. The van der Waals surface area contributed by atoms with Gasteiger partial charge in [-0.05, 0) is 51.1 Å². The summed E-state index contributed by atoms with van der Waals surface area (Å²) in [7, 11) is 3.87. The van der Waals surface area contributed by atoms with Gasteiger partial charge in [-0.25, -0.2) is 0 Å². The van der Waals surface area contributed by atoms with Crippen molar-refractivity contribution < 1.29 is 9.47 Å². The highest BCUT2D eigenvalue weighted by atomic mass is 16.5. The lowest BCUT2D eigenvalue weighted by molar-refractivity contribution is -0.0815. The average molecular weight is 225 g/mol. The molecule has 1 saturated carbocycles. The number of methoxy groups -OCH3 is 1. The Bertz CT molecular complexity index is 253. The van der Waals surface area contributed by atoms with Crippen molar-refractivity contribution in [3.05, 3.63) is 11.8 Å². The van der Waals surface area contributed by atoms with Crippen LogP contribution < -0.4 is 5.32 Å². The molecule has 0 amide bonds. The van der Waals surface area contributed by atoms with E-state index >= 15 is 0 Å². The van der Waals surface area contributed by atoms with Gasteiger partial charge < -0.3 is 14.8 Å². The highest BCUT2D eigenvalue weighted by Gasteiger charge is 2.39. The molecule has 16 heavy (non-hydrogen) atoms. The van der Waals surface area contributed by atoms with Gasteiger partial charge in [0.1, 0.15) is 0 Å². The fraction of sp³-hybridized carbons (Fsp3) is 0.846. The molecule has 0 aromatic heterocycles. The second-order valence-corrected chi connectivity index (χ2v) is 4.95. The minimum Gasteiger partial charge on any atom is -0.501 e. The Hall–Kier alpha value is -0.540. The van der Waals surface area contributed by atoms with Crippen molar-refractivity contribution in [1.82, 2.24) is 5.32 Å². The summed E-state index contributed by atoms with van der Waals surface area (Å²) in [5, 5.41) is 3.40. The Labute approximate surface area is 98.2 Å². The first-order valence-electron chi connectivity index (χ1n) is 6.33. The van der Waals surface area contributed by atoms with E-state index in [1.54, 1.807) is 0 Å². The first-order valence-corrected chi connectivity index (χ1v) is 6.33. The van der Waals surface area contributed by atoms with E-state index in [0.717, 1.165) is 25.9 Å². The van der Waals surface area contributed by atoms with Gasteiger partial charge in [-0.15, -0.1) is 0 Å². The zero-order valence-corrected chi connectivity index (χ0v) is 10.4. The normalized spacial score (nSPS) is 25.2. The van der Waals surface area contributed by atoms with E-state index in [0.29, 0.717) is 6.04 Å². The molecular weight excluding hydrogens is 202 g/mol. The number of hydrogen-bond donors (Lipinski definition) is 1. The lowest BCUT2D eigenvalue weighted by Crippen LogP contribution is -2.46. The molecule has 1 atom stereocenters. The van der Waals surface area contributed by atoms with Crippen LogP contribution in [0.2, 0.25) is 0 Å². The molecule has 1 aliphatic heterocycles. The second-order valence-electron chi connectivity index (χ2n) is 4.95. The lowest BCUT2D eigenvalue weighted by Gasteiger charge is -2.43. The fourth-order valence-corrected chi connectivity index (χ4v) is 2.69. The molecule has 0 aromatic carbocycles. The quantitative estimate of drug-likeness (QED) is 0.778. The van der Waals surface area contributed by atoms with Crippen molar-refractivity contribution in [3.63, 3.8) is 0 Å². The van der Waals surface area contributed by atoms with Gasteiger partial charge in [0, 0.05) is 13.2 Å². The molecule has 92 valence electrons. The zero-order chi connectivity index (χ0) is 11.4. The van der Waals surface area contributed by atoms with Crippen LogP contribution >= 0.6 is 0 Å². The maximum Gasteiger partial charge on any atom is 0.0876 e. The predicted octanol–water partition coefficient (Wildman–Crippen LogP) is 2.23. The summed E-state index contributed by atoms with van der Waals surface area (Å²) in [6, 6.07) is 0.417. The summed E-state index contributed by atoms with van der Waals surface area (Å²) in [5.41, 5.74) is 1.53. The molecule has 3 heteroatoms. The summed E-state index contributed by atoms with van der Waals surface area (Å²) in [6.07, 6.45) is 9.04. The Balaban J connectivity index is 1.96. The van der Waals surface area contributed by atoms with Crippen molar-refractivity contribution in [2.45, 2.75) is 50.2 Å². The van der Waals surface area contributed by atoms with Crippen molar-refractivity contribution in [3.8, 4) is 0 Å². The Morgan fingerprint density at radius 3 is 2.75 bits per heavy atom. The minimum atomic E-state index is 0.131. The molecule has 0 saturated heterocycles. The summed E-state index contributed by atoms with van der Waals surface area (Å²) in [4.78, 5) is 0. The minimum absolute atomic E-state index is 0.131. The number of likely N-dealkylation sites (N-methyl/N-ethyl adjacent to an activating group) is 1. The monoisotopic (exact) mass is 225 g/mol. The van der Waals surface area contributed by atoms with Crippen LogP contribution in [0, 0.1) is 0 Å². The lowest BCUT2D eigenvalue weighted by atomic mass is 9.74. The molecule has 2 aliphatic rings. The molecule has 1 N–H and O–H groups in total. The van der Waals surface area contributed by atoms with Crippen molar-refractivity contribution in [2.24, 2.45) is 0 Å². The molecule has 0 bridgehead atoms. The summed E-state index contributed by atoms with van der Waals surface area (Å²) in [6.45, 7) is 0.870.